The molecule has 0 unspecified atom stereocenters. The molecule has 10 heteroatoms. The zero-order chi connectivity index (χ0) is 31.9. The summed E-state index contributed by atoms with van der Waals surface area (Å²) in [7, 11) is -4.19. The Bertz CT molecular complexity index is 1660. The molecule has 0 bridgehead atoms. The van der Waals surface area contributed by atoms with Crippen molar-refractivity contribution in [1.29, 1.82) is 0 Å². The van der Waals surface area contributed by atoms with Gasteiger partial charge in [0.25, 0.3) is 10.0 Å². The molecule has 0 aliphatic heterocycles. The minimum atomic E-state index is -4.19. The van der Waals surface area contributed by atoms with Gasteiger partial charge in [-0.15, -0.1) is 0 Å². The summed E-state index contributed by atoms with van der Waals surface area (Å²) < 4.78 is 30.0. The molecule has 4 aromatic carbocycles. The molecule has 0 aliphatic rings. The van der Waals surface area contributed by atoms with E-state index in [4.69, 9.17) is 11.6 Å². The first-order valence-corrected chi connectivity index (χ1v) is 16.7. The zero-order valence-corrected chi connectivity index (χ0v) is 27.9. The van der Waals surface area contributed by atoms with E-state index in [2.05, 4.69) is 21.2 Å². The third kappa shape index (κ3) is 8.94. The van der Waals surface area contributed by atoms with Crippen molar-refractivity contribution in [3.05, 3.63) is 130 Å². The van der Waals surface area contributed by atoms with Crippen molar-refractivity contribution in [2.24, 2.45) is 0 Å². The summed E-state index contributed by atoms with van der Waals surface area (Å²) in [5.74, 6) is -0.863. The van der Waals surface area contributed by atoms with Crippen molar-refractivity contribution in [2.45, 2.75) is 50.2 Å². The van der Waals surface area contributed by atoms with Crippen LogP contribution in [0, 0.1) is 0 Å². The molecule has 0 spiro atoms. The Morgan fingerprint density at radius 1 is 0.818 bits per heavy atom. The maximum atomic E-state index is 14.4. The van der Waals surface area contributed by atoms with Crippen LogP contribution in [0.4, 0.5) is 5.69 Å². The summed E-state index contributed by atoms with van der Waals surface area (Å²) >= 11 is 9.49. The number of nitrogens with zero attached hydrogens (tertiary/aromatic N) is 2. The van der Waals surface area contributed by atoms with Crippen molar-refractivity contribution in [3.8, 4) is 0 Å². The van der Waals surface area contributed by atoms with E-state index in [0.717, 1.165) is 19.9 Å². The maximum Gasteiger partial charge on any atom is 0.264 e. The van der Waals surface area contributed by atoms with Crippen LogP contribution >= 0.6 is 27.5 Å². The highest BCUT2D eigenvalue weighted by atomic mass is 79.9. The molecule has 0 aromatic heterocycles. The number of amides is 2. The number of hydrogen-bond acceptors (Lipinski definition) is 4. The van der Waals surface area contributed by atoms with Gasteiger partial charge in [0.1, 0.15) is 12.6 Å². The van der Waals surface area contributed by atoms with Gasteiger partial charge in [-0.2, -0.15) is 0 Å². The lowest BCUT2D eigenvalue weighted by molar-refractivity contribution is -0.140. The molecule has 1 atom stereocenters. The number of carbonyl (C=O) groups excluding carboxylic acids is 2. The van der Waals surface area contributed by atoms with Crippen LogP contribution in [0.1, 0.15) is 31.9 Å². The van der Waals surface area contributed by atoms with Crippen LogP contribution < -0.4 is 9.62 Å². The van der Waals surface area contributed by atoms with E-state index in [1.165, 1.54) is 29.2 Å². The molecule has 44 heavy (non-hydrogen) atoms. The predicted octanol–water partition coefficient (Wildman–Crippen LogP) is 6.85. The second-order valence-electron chi connectivity index (χ2n) is 11.4. The fourth-order valence-electron chi connectivity index (χ4n) is 4.65. The number of rotatable bonds is 11. The van der Waals surface area contributed by atoms with E-state index in [9.17, 15) is 18.0 Å². The molecule has 0 fully saturated rings. The molecule has 0 saturated heterocycles. The molecule has 0 radical (unpaired) electrons. The van der Waals surface area contributed by atoms with Crippen LogP contribution in [0.25, 0.3) is 0 Å². The number of para-hydroxylation sites is 1. The van der Waals surface area contributed by atoms with Crippen molar-refractivity contribution < 1.29 is 18.0 Å². The number of sulfonamides is 1. The molecule has 0 heterocycles. The van der Waals surface area contributed by atoms with Crippen molar-refractivity contribution in [1.82, 2.24) is 10.2 Å². The molecule has 7 nitrogen and oxygen atoms in total. The number of hydrogen-bond donors (Lipinski definition) is 1. The average Bonchev–Trinajstić information content (AvgIpc) is 2.98. The SMILES string of the molecule is CC(C)(C)NC(=O)[C@@H](Cc1ccccc1)N(Cc1ccc(Br)cc1)C(=O)CN(c1ccccc1)S(=O)(=O)c1ccc(Cl)cc1. The first kappa shape index (κ1) is 33.2. The molecule has 0 saturated carbocycles. The van der Waals surface area contributed by atoms with Gasteiger partial charge in [0.15, 0.2) is 0 Å². The molecule has 0 aliphatic carbocycles. The summed E-state index contributed by atoms with van der Waals surface area (Å²) in [5, 5.41) is 3.42. The largest absolute Gasteiger partial charge is 0.350 e. The van der Waals surface area contributed by atoms with Gasteiger partial charge in [-0.05, 0) is 80.4 Å². The van der Waals surface area contributed by atoms with E-state index in [-0.39, 0.29) is 23.8 Å². The van der Waals surface area contributed by atoms with Crippen LogP contribution in [0.2, 0.25) is 5.02 Å². The van der Waals surface area contributed by atoms with Crippen LogP contribution in [0.3, 0.4) is 0 Å². The Kier molecular flexibility index (Phi) is 10.9. The number of nitrogens with one attached hydrogen (secondary N) is 1. The van der Waals surface area contributed by atoms with Gasteiger partial charge in [-0.25, -0.2) is 8.42 Å². The van der Waals surface area contributed by atoms with E-state index in [1.807, 2.05) is 75.4 Å². The van der Waals surface area contributed by atoms with Crippen LogP contribution in [0.15, 0.2) is 119 Å². The average molecular weight is 697 g/mol. The fraction of sp³-hybridized carbons (Fsp3) is 0.235. The Labute approximate surface area is 273 Å². The molecular weight excluding hydrogens is 662 g/mol. The van der Waals surface area contributed by atoms with Gasteiger partial charge in [0, 0.05) is 28.0 Å². The van der Waals surface area contributed by atoms with Gasteiger partial charge in [0.2, 0.25) is 11.8 Å². The smallest absolute Gasteiger partial charge is 0.264 e. The van der Waals surface area contributed by atoms with Gasteiger partial charge in [0.05, 0.1) is 10.6 Å². The van der Waals surface area contributed by atoms with Crippen LogP contribution in [0.5, 0.6) is 0 Å². The first-order chi connectivity index (χ1) is 20.8. The lowest BCUT2D eigenvalue weighted by Gasteiger charge is -2.35. The van der Waals surface area contributed by atoms with Gasteiger partial charge in [-0.3, -0.25) is 13.9 Å². The van der Waals surface area contributed by atoms with E-state index in [1.54, 1.807) is 30.3 Å². The summed E-state index contributed by atoms with van der Waals surface area (Å²) in [6.07, 6.45) is 0.236. The van der Waals surface area contributed by atoms with Crippen molar-refractivity contribution in [3.63, 3.8) is 0 Å². The summed E-state index contributed by atoms with van der Waals surface area (Å²) in [6.45, 7) is 5.19. The van der Waals surface area contributed by atoms with Crippen molar-refractivity contribution >= 4 is 55.1 Å². The third-order valence-corrected chi connectivity index (χ3v) is 9.33. The molecule has 4 rings (SSSR count). The van der Waals surface area contributed by atoms with Crippen molar-refractivity contribution in [2.75, 3.05) is 10.8 Å². The molecule has 2 amide bonds. The highest BCUT2D eigenvalue weighted by Gasteiger charge is 2.35. The topological polar surface area (TPSA) is 86.8 Å². The van der Waals surface area contributed by atoms with Crippen LogP contribution in [-0.2, 0) is 32.6 Å². The third-order valence-electron chi connectivity index (χ3n) is 6.76. The Balaban J connectivity index is 1.79. The number of carbonyl (C=O) groups is 2. The molecule has 4 aromatic rings. The lowest BCUT2D eigenvalue weighted by atomic mass is 10.0. The fourth-order valence-corrected chi connectivity index (χ4v) is 6.45. The zero-order valence-electron chi connectivity index (χ0n) is 24.8. The molecule has 1 N–H and O–H groups in total. The Morgan fingerprint density at radius 3 is 1.95 bits per heavy atom. The minimum Gasteiger partial charge on any atom is -0.350 e. The summed E-state index contributed by atoms with van der Waals surface area (Å²) in [4.78, 5) is 29.8. The van der Waals surface area contributed by atoms with Gasteiger partial charge < -0.3 is 10.2 Å². The molecule has 230 valence electrons. The quantitative estimate of drug-likeness (QED) is 0.186. The van der Waals surface area contributed by atoms with E-state index >= 15 is 0 Å². The predicted molar refractivity (Wildman–Crippen MR) is 179 cm³/mol. The Hall–Kier alpha value is -3.66. The number of halogens is 2. The van der Waals surface area contributed by atoms with Gasteiger partial charge in [-0.1, -0.05) is 88.2 Å². The highest BCUT2D eigenvalue weighted by Crippen LogP contribution is 2.26. The number of benzene rings is 4. The van der Waals surface area contributed by atoms with Crippen LogP contribution in [-0.4, -0.2) is 43.3 Å². The highest BCUT2D eigenvalue weighted by molar-refractivity contribution is 9.10. The van der Waals surface area contributed by atoms with E-state index in [0.29, 0.717) is 10.7 Å². The monoisotopic (exact) mass is 695 g/mol. The van der Waals surface area contributed by atoms with Gasteiger partial charge >= 0.3 is 0 Å². The summed E-state index contributed by atoms with van der Waals surface area (Å²) in [6, 6.07) is 30.2. The number of anilines is 1. The first-order valence-electron chi connectivity index (χ1n) is 14.1. The van der Waals surface area contributed by atoms with E-state index < -0.39 is 34.1 Å². The molecular formula is C34H35BrClN3O4S. The normalized spacial score (nSPS) is 12.3. The lowest BCUT2D eigenvalue weighted by Crippen LogP contribution is -2.56. The Morgan fingerprint density at radius 2 is 1.39 bits per heavy atom. The maximum absolute atomic E-state index is 14.4. The second-order valence-corrected chi connectivity index (χ2v) is 14.6. The minimum absolute atomic E-state index is 0.00989. The standard InChI is InChI=1S/C34H35BrClN3O4S/c1-34(2,3)37-33(41)31(22-25-10-6-4-7-11-25)38(23-26-14-16-27(35)17-15-26)32(40)24-39(29-12-8-5-9-13-29)44(42,43)30-20-18-28(36)19-21-30/h4-21,31H,22-24H2,1-3H3,(H,37,41)/t31-/m1/s1. The summed E-state index contributed by atoms with van der Waals surface area (Å²) in [5.41, 5.74) is 1.41. The second kappa shape index (κ2) is 14.4.